The molecule has 19 heavy (non-hydrogen) atoms. The van der Waals surface area contributed by atoms with Crippen LogP contribution in [0.15, 0.2) is 0 Å². The van der Waals surface area contributed by atoms with Crippen molar-refractivity contribution in [3.05, 3.63) is 0 Å². The van der Waals surface area contributed by atoms with E-state index in [1.54, 1.807) is 7.05 Å². The molecule has 3 atom stereocenters. The zero-order chi connectivity index (χ0) is 14.7. The first-order valence-electron chi connectivity index (χ1n) is 7.11. The van der Waals surface area contributed by atoms with E-state index in [-0.39, 0.29) is 12.1 Å². The summed E-state index contributed by atoms with van der Waals surface area (Å²) in [6, 6.07) is 0. The fourth-order valence-electron chi connectivity index (χ4n) is 3.13. The van der Waals surface area contributed by atoms with Crippen molar-refractivity contribution in [1.82, 2.24) is 5.32 Å². The standard InChI is InChI=1S/C15H29NO3/c1-11-7-12(9-14(2,3)8-11)19-10-15(4,16-5)13(17)18-6/h11-12,16H,7-10H2,1-6H3. The van der Waals surface area contributed by atoms with Crippen LogP contribution in [0.2, 0.25) is 0 Å². The molecule has 1 aliphatic carbocycles. The van der Waals surface area contributed by atoms with Gasteiger partial charge in [-0.3, -0.25) is 0 Å². The second-order valence-corrected chi connectivity index (χ2v) is 6.92. The SMILES string of the molecule is CNC(C)(COC1CC(C)CC(C)(C)C1)C(=O)OC. The first-order valence-corrected chi connectivity index (χ1v) is 7.11. The Bertz CT molecular complexity index is 317. The van der Waals surface area contributed by atoms with Gasteiger partial charge in [0.2, 0.25) is 0 Å². The number of ether oxygens (including phenoxy) is 2. The Hall–Kier alpha value is -0.610. The van der Waals surface area contributed by atoms with Crippen LogP contribution in [0.25, 0.3) is 0 Å². The highest BCUT2D eigenvalue weighted by Gasteiger charge is 2.37. The summed E-state index contributed by atoms with van der Waals surface area (Å²) in [5.74, 6) is 0.394. The average Bonchev–Trinajstić information content (AvgIpc) is 2.32. The third kappa shape index (κ3) is 4.46. The Morgan fingerprint density at radius 2 is 2.05 bits per heavy atom. The average molecular weight is 271 g/mol. The van der Waals surface area contributed by atoms with Crippen LogP contribution in [0, 0.1) is 11.3 Å². The maximum Gasteiger partial charge on any atom is 0.328 e. The topological polar surface area (TPSA) is 47.6 Å². The lowest BCUT2D eigenvalue weighted by atomic mass is 9.71. The van der Waals surface area contributed by atoms with Crippen LogP contribution in [-0.4, -0.2) is 38.4 Å². The van der Waals surface area contributed by atoms with Crippen molar-refractivity contribution in [3.63, 3.8) is 0 Å². The lowest BCUT2D eigenvalue weighted by Crippen LogP contribution is -2.53. The molecule has 1 fully saturated rings. The van der Waals surface area contributed by atoms with Crippen LogP contribution in [0.5, 0.6) is 0 Å². The molecule has 0 bridgehead atoms. The maximum absolute atomic E-state index is 11.8. The summed E-state index contributed by atoms with van der Waals surface area (Å²) in [5.41, 5.74) is -0.441. The predicted octanol–water partition coefficient (Wildman–Crippen LogP) is 2.37. The minimum absolute atomic E-state index is 0.232. The van der Waals surface area contributed by atoms with Gasteiger partial charge in [0.25, 0.3) is 0 Å². The lowest BCUT2D eigenvalue weighted by Gasteiger charge is -2.40. The molecule has 112 valence electrons. The molecule has 0 spiro atoms. The Labute approximate surface area is 117 Å². The molecular formula is C15H29NO3. The minimum atomic E-state index is -0.764. The number of carbonyl (C=O) groups excluding carboxylic acids is 1. The van der Waals surface area contributed by atoms with E-state index < -0.39 is 5.54 Å². The maximum atomic E-state index is 11.8. The molecule has 3 unspecified atom stereocenters. The zero-order valence-corrected chi connectivity index (χ0v) is 13.2. The van der Waals surface area contributed by atoms with Gasteiger partial charge < -0.3 is 14.8 Å². The molecule has 1 rings (SSSR count). The summed E-state index contributed by atoms with van der Waals surface area (Å²) in [5, 5.41) is 3.00. The van der Waals surface area contributed by atoms with E-state index in [2.05, 4.69) is 26.1 Å². The number of methoxy groups -OCH3 is 1. The molecule has 0 saturated heterocycles. The number of carbonyl (C=O) groups is 1. The van der Waals surface area contributed by atoms with Gasteiger partial charge in [0.05, 0.1) is 19.8 Å². The fourth-order valence-corrected chi connectivity index (χ4v) is 3.13. The molecule has 0 aliphatic heterocycles. The third-order valence-electron chi connectivity index (χ3n) is 4.14. The van der Waals surface area contributed by atoms with Crippen LogP contribution in [0.4, 0.5) is 0 Å². The molecule has 4 nitrogen and oxygen atoms in total. The van der Waals surface area contributed by atoms with Crippen molar-refractivity contribution in [2.45, 2.75) is 58.6 Å². The van der Waals surface area contributed by atoms with E-state index in [0.29, 0.717) is 17.9 Å². The number of rotatable bonds is 5. The lowest BCUT2D eigenvalue weighted by molar-refractivity contribution is -0.152. The van der Waals surface area contributed by atoms with Gasteiger partial charge in [0.15, 0.2) is 0 Å². The molecule has 0 aromatic rings. The van der Waals surface area contributed by atoms with E-state index in [1.165, 1.54) is 13.5 Å². The van der Waals surface area contributed by atoms with Crippen LogP contribution < -0.4 is 5.32 Å². The third-order valence-corrected chi connectivity index (χ3v) is 4.14. The number of likely N-dealkylation sites (N-methyl/N-ethyl adjacent to an activating group) is 1. The smallest absolute Gasteiger partial charge is 0.328 e. The van der Waals surface area contributed by atoms with E-state index in [0.717, 1.165) is 12.8 Å². The van der Waals surface area contributed by atoms with Crippen LogP contribution in [0.3, 0.4) is 0 Å². The van der Waals surface area contributed by atoms with E-state index in [9.17, 15) is 4.79 Å². The normalized spacial score (nSPS) is 29.6. The minimum Gasteiger partial charge on any atom is -0.468 e. The first-order chi connectivity index (χ1) is 8.72. The molecule has 0 amide bonds. The number of hydrogen-bond acceptors (Lipinski definition) is 4. The van der Waals surface area contributed by atoms with Crippen LogP contribution >= 0.6 is 0 Å². The molecular weight excluding hydrogens is 242 g/mol. The second kappa shape index (κ2) is 6.23. The summed E-state index contributed by atoms with van der Waals surface area (Å²) in [4.78, 5) is 11.8. The van der Waals surface area contributed by atoms with Crippen LogP contribution in [0.1, 0.15) is 47.0 Å². The van der Waals surface area contributed by atoms with Gasteiger partial charge in [-0.05, 0) is 44.6 Å². The summed E-state index contributed by atoms with van der Waals surface area (Å²) in [6.45, 7) is 9.02. The van der Waals surface area contributed by atoms with Gasteiger partial charge in [-0.15, -0.1) is 0 Å². The largest absolute Gasteiger partial charge is 0.468 e. The highest BCUT2D eigenvalue weighted by atomic mass is 16.5. The summed E-state index contributed by atoms with van der Waals surface area (Å²) < 4.78 is 10.8. The van der Waals surface area contributed by atoms with Gasteiger partial charge in [0.1, 0.15) is 5.54 Å². The van der Waals surface area contributed by atoms with Crippen molar-refractivity contribution >= 4 is 5.97 Å². The predicted molar refractivity (Wildman–Crippen MR) is 76.0 cm³/mol. The van der Waals surface area contributed by atoms with Crippen LogP contribution in [-0.2, 0) is 14.3 Å². The van der Waals surface area contributed by atoms with Gasteiger partial charge in [-0.25, -0.2) is 4.79 Å². The van der Waals surface area contributed by atoms with E-state index >= 15 is 0 Å². The van der Waals surface area contributed by atoms with Gasteiger partial charge in [-0.1, -0.05) is 20.8 Å². The van der Waals surface area contributed by atoms with Crippen molar-refractivity contribution in [2.24, 2.45) is 11.3 Å². The summed E-state index contributed by atoms with van der Waals surface area (Å²) in [7, 11) is 3.16. The first kappa shape index (κ1) is 16.4. The van der Waals surface area contributed by atoms with Crippen molar-refractivity contribution in [2.75, 3.05) is 20.8 Å². The zero-order valence-electron chi connectivity index (χ0n) is 13.2. The van der Waals surface area contributed by atoms with Gasteiger partial charge in [0, 0.05) is 0 Å². The summed E-state index contributed by atoms with van der Waals surface area (Å²) in [6.07, 6.45) is 3.60. The van der Waals surface area contributed by atoms with E-state index in [1.807, 2.05) is 6.92 Å². The van der Waals surface area contributed by atoms with Crippen molar-refractivity contribution in [1.29, 1.82) is 0 Å². The highest BCUT2D eigenvalue weighted by Crippen LogP contribution is 2.39. The molecule has 1 aliphatic rings. The Balaban J connectivity index is 2.57. The quantitative estimate of drug-likeness (QED) is 0.780. The van der Waals surface area contributed by atoms with E-state index in [4.69, 9.17) is 9.47 Å². The Kier molecular flexibility index (Phi) is 5.39. The molecule has 0 heterocycles. The molecule has 0 aromatic heterocycles. The fraction of sp³-hybridized carbons (Fsp3) is 0.933. The van der Waals surface area contributed by atoms with Gasteiger partial charge in [-0.2, -0.15) is 0 Å². The van der Waals surface area contributed by atoms with Crippen molar-refractivity contribution < 1.29 is 14.3 Å². The summed E-state index contributed by atoms with van der Waals surface area (Å²) >= 11 is 0. The molecule has 0 aromatic carbocycles. The van der Waals surface area contributed by atoms with Gasteiger partial charge >= 0.3 is 5.97 Å². The number of esters is 1. The molecule has 0 radical (unpaired) electrons. The highest BCUT2D eigenvalue weighted by molar-refractivity contribution is 5.80. The monoisotopic (exact) mass is 271 g/mol. The Morgan fingerprint density at radius 3 is 2.53 bits per heavy atom. The number of hydrogen-bond donors (Lipinski definition) is 1. The molecule has 1 saturated carbocycles. The molecule has 1 N–H and O–H groups in total. The second-order valence-electron chi connectivity index (χ2n) is 6.92. The molecule has 4 heteroatoms. The van der Waals surface area contributed by atoms with Crippen molar-refractivity contribution in [3.8, 4) is 0 Å². The number of nitrogens with one attached hydrogen (secondary N) is 1. The Morgan fingerprint density at radius 1 is 1.42 bits per heavy atom.